The average Bonchev–Trinajstić information content (AvgIpc) is 3.10. The van der Waals surface area contributed by atoms with Crippen LogP contribution in [0.15, 0.2) is 11.3 Å². The van der Waals surface area contributed by atoms with Crippen molar-refractivity contribution in [1.82, 2.24) is 15.1 Å². The number of nitrogens with zero attached hydrogens (tertiary/aromatic N) is 2. The van der Waals surface area contributed by atoms with Crippen LogP contribution in [0.5, 0.6) is 0 Å². The number of β-lactam (4-membered cyclic amide) rings is 1. The lowest BCUT2D eigenvalue weighted by Gasteiger charge is -2.46. The van der Waals surface area contributed by atoms with E-state index in [2.05, 4.69) is 10.2 Å². The standard InChI is InChI=1S/C17H25N3O5/c1-8-11(7-19-5-4-10(6-19)15(22)18-3)14(17(24)25)20-13(8)12(9(2)21)16(20)23/h8-10,12-13,21H,4-7H2,1-3H3,(H,18,22)(H,24,25). The monoisotopic (exact) mass is 351 g/mol. The molecule has 2 amide bonds. The summed E-state index contributed by atoms with van der Waals surface area (Å²) in [4.78, 5) is 39.3. The lowest BCUT2D eigenvalue weighted by atomic mass is 9.77. The van der Waals surface area contributed by atoms with Crippen LogP contribution in [0.3, 0.4) is 0 Å². The van der Waals surface area contributed by atoms with Gasteiger partial charge in [-0.05, 0) is 25.5 Å². The predicted molar refractivity (Wildman–Crippen MR) is 88.2 cm³/mol. The van der Waals surface area contributed by atoms with Gasteiger partial charge in [0.25, 0.3) is 0 Å². The third-order valence-electron chi connectivity index (χ3n) is 5.80. The van der Waals surface area contributed by atoms with Gasteiger partial charge in [-0.1, -0.05) is 6.92 Å². The fourth-order valence-corrected chi connectivity index (χ4v) is 4.49. The van der Waals surface area contributed by atoms with Gasteiger partial charge in [0.05, 0.1) is 24.0 Å². The van der Waals surface area contributed by atoms with E-state index in [1.165, 1.54) is 4.90 Å². The topological polar surface area (TPSA) is 110 Å². The Kier molecular flexibility index (Phi) is 4.59. The molecule has 0 saturated carbocycles. The molecule has 0 spiro atoms. The molecule has 8 nitrogen and oxygen atoms in total. The molecule has 3 aliphatic heterocycles. The van der Waals surface area contributed by atoms with E-state index < -0.39 is 18.0 Å². The quantitative estimate of drug-likeness (QED) is 0.562. The molecule has 0 aliphatic carbocycles. The van der Waals surface area contributed by atoms with Crippen LogP contribution in [0.4, 0.5) is 0 Å². The largest absolute Gasteiger partial charge is 0.477 e. The zero-order valence-corrected chi connectivity index (χ0v) is 14.7. The number of aliphatic hydroxyl groups is 1. The number of carbonyl (C=O) groups is 3. The zero-order chi connectivity index (χ0) is 18.5. The highest BCUT2D eigenvalue weighted by molar-refractivity contribution is 6.00. The fourth-order valence-electron chi connectivity index (χ4n) is 4.49. The summed E-state index contributed by atoms with van der Waals surface area (Å²) in [5.74, 6) is -2.17. The normalized spacial score (nSPS) is 33.3. The fraction of sp³-hybridized carbons (Fsp3) is 0.706. The van der Waals surface area contributed by atoms with Gasteiger partial charge in [0, 0.05) is 26.1 Å². The third-order valence-corrected chi connectivity index (χ3v) is 5.80. The second-order valence-electron chi connectivity index (χ2n) is 7.27. The van der Waals surface area contributed by atoms with Gasteiger partial charge in [-0.2, -0.15) is 0 Å². The number of fused-ring (bicyclic) bond motifs is 1. The average molecular weight is 351 g/mol. The third kappa shape index (κ3) is 2.73. The molecule has 2 fully saturated rings. The maximum atomic E-state index is 12.3. The molecule has 25 heavy (non-hydrogen) atoms. The van der Waals surface area contributed by atoms with Crippen LogP contribution in [0.25, 0.3) is 0 Å². The van der Waals surface area contributed by atoms with Gasteiger partial charge in [-0.25, -0.2) is 4.79 Å². The molecule has 3 rings (SSSR count). The minimum atomic E-state index is -1.11. The maximum Gasteiger partial charge on any atom is 0.352 e. The molecular weight excluding hydrogens is 326 g/mol. The van der Waals surface area contributed by atoms with Gasteiger partial charge in [0.2, 0.25) is 11.8 Å². The SMILES string of the molecule is CNC(=O)C1CCN(CC2=C(C(=O)O)N3C(=O)C(C(C)O)C3C2C)C1. The van der Waals surface area contributed by atoms with Crippen molar-refractivity contribution in [2.45, 2.75) is 32.4 Å². The van der Waals surface area contributed by atoms with Gasteiger partial charge in [0.15, 0.2) is 0 Å². The molecule has 8 heteroatoms. The molecule has 3 heterocycles. The van der Waals surface area contributed by atoms with Gasteiger partial charge in [-0.15, -0.1) is 0 Å². The Hall–Kier alpha value is -1.93. The number of carboxylic acids is 1. The Balaban J connectivity index is 1.80. The number of hydrogen-bond donors (Lipinski definition) is 3. The molecule has 138 valence electrons. The van der Waals surface area contributed by atoms with Crippen molar-refractivity contribution in [2.75, 3.05) is 26.7 Å². The van der Waals surface area contributed by atoms with Crippen molar-refractivity contribution in [1.29, 1.82) is 0 Å². The molecule has 0 radical (unpaired) electrons. The number of aliphatic carboxylic acids is 1. The minimum absolute atomic E-state index is 0.00238. The number of hydrogen-bond acceptors (Lipinski definition) is 5. The maximum absolute atomic E-state index is 12.3. The van der Waals surface area contributed by atoms with E-state index in [0.29, 0.717) is 18.7 Å². The summed E-state index contributed by atoms with van der Waals surface area (Å²) in [5.41, 5.74) is 0.773. The van der Waals surface area contributed by atoms with Crippen molar-refractivity contribution in [2.24, 2.45) is 17.8 Å². The molecular formula is C17H25N3O5. The van der Waals surface area contributed by atoms with E-state index in [0.717, 1.165) is 13.0 Å². The molecule has 0 aromatic heterocycles. The first kappa shape index (κ1) is 17.9. The summed E-state index contributed by atoms with van der Waals surface area (Å²) in [7, 11) is 1.61. The second-order valence-corrected chi connectivity index (χ2v) is 7.27. The molecule has 5 unspecified atom stereocenters. The van der Waals surface area contributed by atoms with Crippen LogP contribution >= 0.6 is 0 Å². The molecule has 0 aromatic rings. The van der Waals surface area contributed by atoms with Gasteiger partial charge < -0.3 is 20.4 Å². The summed E-state index contributed by atoms with van der Waals surface area (Å²) in [5, 5.41) is 22.1. The lowest BCUT2D eigenvalue weighted by molar-refractivity contribution is -0.163. The number of carboxylic acid groups (broad SMARTS) is 1. The summed E-state index contributed by atoms with van der Waals surface area (Å²) < 4.78 is 0. The van der Waals surface area contributed by atoms with E-state index >= 15 is 0 Å². The van der Waals surface area contributed by atoms with Crippen LogP contribution < -0.4 is 5.32 Å². The van der Waals surface area contributed by atoms with E-state index in [9.17, 15) is 24.6 Å². The summed E-state index contributed by atoms with van der Waals surface area (Å²) in [6.45, 7) is 5.22. The summed E-state index contributed by atoms with van der Waals surface area (Å²) >= 11 is 0. The van der Waals surface area contributed by atoms with Crippen molar-refractivity contribution in [3.8, 4) is 0 Å². The van der Waals surface area contributed by atoms with E-state index in [4.69, 9.17) is 0 Å². The smallest absolute Gasteiger partial charge is 0.352 e. The molecule has 5 atom stereocenters. The molecule has 0 bridgehead atoms. The second kappa shape index (κ2) is 6.42. The first-order valence-corrected chi connectivity index (χ1v) is 8.69. The predicted octanol–water partition coefficient (Wildman–Crippen LogP) is -0.749. The Bertz CT molecular complexity index is 644. The molecule has 3 aliphatic rings. The molecule has 0 aromatic carbocycles. The Morgan fingerprint density at radius 3 is 2.64 bits per heavy atom. The summed E-state index contributed by atoms with van der Waals surface area (Å²) in [6.07, 6.45) is -0.0541. The van der Waals surface area contributed by atoms with Crippen LogP contribution in [0, 0.1) is 17.8 Å². The molecule has 2 saturated heterocycles. The van der Waals surface area contributed by atoms with Crippen LogP contribution in [0.2, 0.25) is 0 Å². The zero-order valence-electron chi connectivity index (χ0n) is 14.7. The number of carbonyl (C=O) groups excluding carboxylic acids is 2. The number of nitrogens with one attached hydrogen (secondary N) is 1. The van der Waals surface area contributed by atoms with Crippen molar-refractivity contribution in [3.05, 3.63) is 11.3 Å². The van der Waals surface area contributed by atoms with Crippen molar-refractivity contribution >= 4 is 17.8 Å². The highest BCUT2D eigenvalue weighted by Gasteiger charge is 2.59. The van der Waals surface area contributed by atoms with E-state index in [1.807, 2.05) is 6.92 Å². The lowest BCUT2D eigenvalue weighted by Crippen LogP contribution is -2.63. The summed E-state index contributed by atoms with van der Waals surface area (Å²) in [6, 6.07) is -0.286. The van der Waals surface area contributed by atoms with Crippen molar-refractivity contribution < 1.29 is 24.6 Å². The van der Waals surface area contributed by atoms with Crippen molar-refractivity contribution in [3.63, 3.8) is 0 Å². The first-order chi connectivity index (χ1) is 11.8. The van der Waals surface area contributed by atoms with Crippen LogP contribution in [0.1, 0.15) is 20.3 Å². The number of aliphatic hydroxyl groups excluding tert-OH is 1. The molecule has 3 N–H and O–H groups in total. The number of rotatable bonds is 5. The van der Waals surface area contributed by atoms with Gasteiger partial charge >= 0.3 is 5.97 Å². The van der Waals surface area contributed by atoms with E-state index in [-0.39, 0.29) is 35.4 Å². The number of likely N-dealkylation sites (tertiary alicyclic amines) is 1. The Morgan fingerprint density at radius 1 is 1.40 bits per heavy atom. The van der Waals surface area contributed by atoms with Crippen LogP contribution in [-0.2, 0) is 14.4 Å². The first-order valence-electron chi connectivity index (χ1n) is 8.69. The van der Waals surface area contributed by atoms with E-state index in [1.54, 1.807) is 14.0 Å². The van der Waals surface area contributed by atoms with Gasteiger partial charge in [0.1, 0.15) is 5.70 Å². The number of amides is 2. The van der Waals surface area contributed by atoms with Gasteiger partial charge in [-0.3, -0.25) is 14.5 Å². The highest BCUT2D eigenvalue weighted by Crippen LogP contribution is 2.47. The highest BCUT2D eigenvalue weighted by atomic mass is 16.4. The van der Waals surface area contributed by atoms with Crippen LogP contribution in [-0.4, -0.2) is 76.6 Å². The Labute approximate surface area is 146 Å². The Morgan fingerprint density at radius 2 is 2.08 bits per heavy atom. The minimum Gasteiger partial charge on any atom is -0.477 e.